The van der Waals surface area contributed by atoms with Gasteiger partial charge in [-0.3, -0.25) is 14.1 Å². The summed E-state index contributed by atoms with van der Waals surface area (Å²) in [5.74, 6) is -0.177. The number of nitrogens with zero attached hydrogens (tertiary/aromatic N) is 1. The molecule has 0 heterocycles. The van der Waals surface area contributed by atoms with Crippen molar-refractivity contribution in [2.75, 3.05) is 25.4 Å². The van der Waals surface area contributed by atoms with Gasteiger partial charge in [-0.15, -0.1) is 0 Å². The van der Waals surface area contributed by atoms with E-state index in [0.717, 1.165) is 32.2 Å². The van der Waals surface area contributed by atoms with Crippen LogP contribution in [0.2, 0.25) is 0 Å². The van der Waals surface area contributed by atoms with E-state index in [2.05, 4.69) is 32.6 Å². The average Bonchev–Trinajstić information content (AvgIpc) is 2.53. The molecule has 0 spiro atoms. The van der Waals surface area contributed by atoms with Crippen LogP contribution in [0.5, 0.6) is 0 Å². The van der Waals surface area contributed by atoms with E-state index in [1.807, 2.05) is 0 Å². The molecule has 0 saturated carbocycles. The molecule has 0 rings (SSSR count). The molecule has 1 N–H and O–H groups in total. The Hall–Kier alpha value is -0.790. The second-order valence-corrected chi connectivity index (χ2v) is 11.3. The Morgan fingerprint density at radius 1 is 0.828 bits per heavy atom. The predicted octanol–water partition coefficient (Wildman–Crippen LogP) is 4.53. The van der Waals surface area contributed by atoms with E-state index in [4.69, 9.17) is 4.55 Å². The molecule has 0 radical (unpaired) electrons. The lowest BCUT2D eigenvalue weighted by atomic mass is 9.84. The lowest BCUT2D eigenvalue weighted by Gasteiger charge is -2.25. The molecule has 0 aromatic rings. The quantitative estimate of drug-likeness (QED) is 0.268. The third-order valence-corrected chi connectivity index (χ3v) is 6.52. The van der Waals surface area contributed by atoms with E-state index in [-0.39, 0.29) is 23.4 Å². The van der Waals surface area contributed by atoms with Crippen LogP contribution in [-0.4, -0.2) is 54.8 Å². The van der Waals surface area contributed by atoms with Crippen molar-refractivity contribution >= 4 is 21.7 Å². The summed E-state index contributed by atoms with van der Waals surface area (Å²) in [6.45, 7) is 13.9. The molecule has 0 aliphatic rings. The van der Waals surface area contributed by atoms with Gasteiger partial charge in [0.15, 0.2) is 0 Å². The molecule has 172 valence electrons. The highest BCUT2D eigenvalue weighted by molar-refractivity contribution is 7.85. The summed E-state index contributed by atoms with van der Waals surface area (Å²) in [4.78, 5) is 26.9. The third-order valence-electron chi connectivity index (χ3n) is 5.37. The van der Waals surface area contributed by atoms with Crippen LogP contribution in [0.1, 0.15) is 92.9 Å². The fourth-order valence-electron chi connectivity index (χ4n) is 3.40. The van der Waals surface area contributed by atoms with Crippen LogP contribution in [-0.2, 0) is 19.7 Å². The van der Waals surface area contributed by atoms with Gasteiger partial charge in [0.25, 0.3) is 10.1 Å². The lowest BCUT2D eigenvalue weighted by molar-refractivity contribution is -0.121. The number of Topliss-reactive ketones (excluding diaryl/α,β-unsaturated/α-hetero) is 2. The third kappa shape index (κ3) is 15.7. The molecule has 0 bridgehead atoms. The van der Waals surface area contributed by atoms with Crippen molar-refractivity contribution in [2.24, 2.45) is 10.8 Å². The Morgan fingerprint density at radius 2 is 1.31 bits per heavy atom. The van der Waals surface area contributed by atoms with Crippen molar-refractivity contribution in [3.63, 3.8) is 0 Å². The molecule has 0 aromatic carbocycles. The monoisotopic (exact) mass is 433 g/mol. The largest absolute Gasteiger partial charge is 0.302 e. The van der Waals surface area contributed by atoms with E-state index in [1.54, 1.807) is 13.8 Å². The molecule has 6 nitrogen and oxygen atoms in total. The van der Waals surface area contributed by atoms with Gasteiger partial charge in [-0.05, 0) is 23.8 Å². The minimum absolute atomic E-state index is 0.0161. The summed E-state index contributed by atoms with van der Waals surface area (Å²) in [5.41, 5.74) is -0.766. The number of rotatable bonds is 17. The van der Waals surface area contributed by atoms with Crippen molar-refractivity contribution in [1.82, 2.24) is 4.90 Å². The highest BCUT2D eigenvalue weighted by Crippen LogP contribution is 2.25. The highest BCUT2D eigenvalue weighted by Gasteiger charge is 2.28. The normalized spacial score (nSPS) is 13.1. The Bertz CT molecular complexity index is 611. The van der Waals surface area contributed by atoms with E-state index < -0.39 is 21.3 Å². The molecule has 0 unspecified atom stereocenters. The first kappa shape index (κ1) is 28.2. The van der Waals surface area contributed by atoms with Crippen LogP contribution in [0.25, 0.3) is 0 Å². The maximum absolute atomic E-state index is 12.4. The van der Waals surface area contributed by atoms with E-state index in [0.29, 0.717) is 32.4 Å². The average molecular weight is 434 g/mol. The summed E-state index contributed by atoms with van der Waals surface area (Å²) in [7, 11) is -4.11. The van der Waals surface area contributed by atoms with Crippen LogP contribution < -0.4 is 0 Å². The zero-order valence-electron chi connectivity index (χ0n) is 19.4. The van der Waals surface area contributed by atoms with Crippen molar-refractivity contribution in [3.05, 3.63) is 0 Å². The number of carbonyl (C=O) groups excluding carboxylic acids is 2. The summed E-state index contributed by atoms with van der Waals surface area (Å²) in [6.07, 6.45) is 5.74. The van der Waals surface area contributed by atoms with Gasteiger partial charge in [-0.2, -0.15) is 8.42 Å². The minimum atomic E-state index is -4.11. The van der Waals surface area contributed by atoms with Crippen molar-refractivity contribution in [2.45, 2.75) is 92.9 Å². The van der Waals surface area contributed by atoms with E-state index in [9.17, 15) is 18.0 Å². The maximum Gasteiger partial charge on any atom is 0.265 e. The van der Waals surface area contributed by atoms with Gasteiger partial charge in [0.05, 0.1) is 5.75 Å². The molecule has 0 aliphatic carbocycles. The summed E-state index contributed by atoms with van der Waals surface area (Å²) < 4.78 is 31.3. The number of hydrogen-bond acceptors (Lipinski definition) is 5. The summed E-state index contributed by atoms with van der Waals surface area (Å²) in [5, 5.41) is 0. The Balaban J connectivity index is 4.65. The Kier molecular flexibility index (Phi) is 12.5. The number of hydrogen-bond donors (Lipinski definition) is 1. The first-order chi connectivity index (χ1) is 13.2. The van der Waals surface area contributed by atoms with Crippen molar-refractivity contribution < 1.29 is 22.6 Å². The number of ketones is 2. The summed E-state index contributed by atoms with van der Waals surface area (Å²) >= 11 is 0. The van der Waals surface area contributed by atoms with Crippen LogP contribution in [0.15, 0.2) is 0 Å². The molecule has 0 fully saturated rings. The minimum Gasteiger partial charge on any atom is -0.302 e. The molecular formula is C22H43NO5S. The van der Waals surface area contributed by atoms with E-state index in [1.165, 1.54) is 0 Å². The van der Waals surface area contributed by atoms with Gasteiger partial charge in [0, 0.05) is 38.8 Å². The van der Waals surface area contributed by atoms with Crippen LogP contribution in [0, 0.1) is 10.8 Å². The second-order valence-electron chi connectivity index (χ2n) is 9.89. The zero-order valence-corrected chi connectivity index (χ0v) is 20.2. The van der Waals surface area contributed by atoms with Crippen molar-refractivity contribution in [3.8, 4) is 0 Å². The Labute approximate surface area is 178 Å². The van der Waals surface area contributed by atoms with Gasteiger partial charge in [-0.25, -0.2) is 0 Å². The molecule has 0 atom stereocenters. The summed E-state index contributed by atoms with van der Waals surface area (Å²) in [6, 6.07) is 0. The molecule has 0 aliphatic heterocycles. The Morgan fingerprint density at radius 3 is 1.72 bits per heavy atom. The first-order valence-corrected chi connectivity index (χ1v) is 12.5. The van der Waals surface area contributed by atoms with Crippen molar-refractivity contribution in [1.29, 1.82) is 0 Å². The number of carbonyl (C=O) groups is 2. The second kappa shape index (κ2) is 12.8. The molecule has 0 amide bonds. The fraction of sp³-hybridized carbons (Fsp3) is 0.909. The predicted molar refractivity (Wildman–Crippen MR) is 119 cm³/mol. The lowest BCUT2D eigenvalue weighted by Crippen LogP contribution is -2.32. The van der Waals surface area contributed by atoms with Crippen LogP contribution in [0.4, 0.5) is 0 Å². The van der Waals surface area contributed by atoms with Gasteiger partial charge in [0.2, 0.25) is 0 Å². The molecular weight excluding hydrogens is 390 g/mol. The standard InChI is InChI=1S/C22H43NO5S/c1-7-9-10-13-23(14-11-19(24)16-21(3,4)8-2)15-12-20(25)17-22(5,6)18-29(26,27)28/h7-18H2,1-6H3,(H,26,27,28). The highest BCUT2D eigenvalue weighted by atomic mass is 32.2. The van der Waals surface area contributed by atoms with Crippen LogP contribution in [0.3, 0.4) is 0 Å². The van der Waals surface area contributed by atoms with Gasteiger partial charge in [0.1, 0.15) is 11.6 Å². The molecule has 7 heteroatoms. The molecule has 29 heavy (non-hydrogen) atoms. The zero-order chi connectivity index (χ0) is 22.7. The SMILES string of the molecule is CCCCCN(CCC(=O)CC(C)(C)CC)CCC(=O)CC(C)(C)CS(=O)(=O)O. The van der Waals surface area contributed by atoms with Gasteiger partial charge >= 0.3 is 0 Å². The van der Waals surface area contributed by atoms with Gasteiger partial charge in [-0.1, -0.05) is 60.8 Å². The fourth-order valence-corrected chi connectivity index (χ4v) is 4.49. The van der Waals surface area contributed by atoms with Gasteiger partial charge < -0.3 is 4.90 Å². The molecule has 0 aromatic heterocycles. The first-order valence-electron chi connectivity index (χ1n) is 10.9. The maximum atomic E-state index is 12.4. The van der Waals surface area contributed by atoms with E-state index >= 15 is 0 Å². The topological polar surface area (TPSA) is 91.8 Å². The van der Waals surface area contributed by atoms with Crippen LogP contribution >= 0.6 is 0 Å². The smallest absolute Gasteiger partial charge is 0.265 e. The number of unbranched alkanes of at least 4 members (excludes halogenated alkanes) is 2. The molecule has 0 saturated heterocycles.